The van der Waals surface area contributed by atoms with E-state index in [2.05, 4.69) is 4.90 Å². The van der Waals surface area contributed by atoms with Crippen molar-refractivity contribution >= 4 is 9.05 Å². The van der Waals surface area contributed by atoms with Crippen LogP contribution in [0.3, 0.4) is 0 Å². The standard InChI is InChI=1S/C11H23NO4Si/c1-5-13-17-14-9(2)6-12(7-10(3)15-17)8-11(4)16-17/h9-11H,5-8H2,1-4H3/t9-,10-,11-/m1/s1. The average Bonchev–Trinajstić information content (AvgIpc) is 2.11. The molecule has 0 N–H and O–H groups in total. The first-order chi connectivity index (χ1) is 8.03. The van der Waals surface area contributed by atoms with Gasteiger partial charge in [0.1, 0.15) is 0 Å². The highest BCUT2D eigenvalue weighted by atomic mass is 28.4. The maximum absolute atomic E-state index is 5.96. The van der Waals surface area contributed by atoms with Gasteiger partial charge in [-0.3, -0.25) is 4.90 Å². The summed E-state index contributed by atoms with van der Waals surface area (Å²) in [5, 5.41) is 0. The molecule has 0 unspecified atom stereocenters. The van der Waals surface area contributed by atoms with E-state index in [9.17, 15) is 0 Å². The van der Waals surface area contributed by atoms with Gasteiger partial charge in [-0.15, -0.1) is 0 Å². The van der Waals surface area contributed by atoms with Gasteiger partial charge in [0.05, 0.1) is 18.3 Å². The van der Waals surface area contributed by atoms with Gasteiger partial charge < -0.3 is 17.7 Å². The fourth-order valence-electron chi connectivity index (χ4n) is 2.53. The molecule has 0 radical (unpaired) electrons. The average molecular weight is 261 g/mol. The molecule has 0 amide bonds. The van der Waals surface area contributed by atoms with Crippen LogP contribution in [0.4, 0.5) is 0 Å². The van der Waals surface area contributed by atoms with E-state index in [0.29, 0.717) is 6.61 Å². The van der Waals surface area contributed by atoms with Gasteiger partial charge in [0, 0.05) is 26.2 Å². The first-order valence-electron chi connectivity index (χ1n) is 6.42. The molecule has 0 aromatic rings. The maximum atomic E-state index is 5.96. The molecule has 3 aliphatic heterocycles. The molecule has 100 valence electrons. The molecule has 0 saturated carbocycles. The fourth-order valence-corrected chi connectivity index (χ4v) is 4.95. The molecule has 3 rings (SSSR count). The first-order valence-corrected chi connectivity index (χ1v) is 8.06. The van der Waals surface area contributed by atoms with Crippen molar-refractivity contribution < 1.29 is 17.7 Å². The van der Waals surface area contributed by atoms with Crippen LogP contribution in [-0.4, -0.2) is 58.5 Å². The van der Waals surface area contributed by atoms with Gasteiger partial charge in [0.25, 0.3) is 0 Å². The third-order valence-corrected chi connectivity index (χ3v) is 5.62. The molecule has 5 nitrogen and oxygen atoms in total. The molecule has 17 heavy (non-hydrogen) atoms. The summed E-state index contributed by atoms with van der Waals surface area (Å²) in [7, 11) is -2.94. The van der Waals surface area contributed by atoms with E-state index < -0.39 is 9.05 Å². The highest BCUT2D eigenvalue weighted by Gasteiger charge is 2.52. The van der Waals surface area contributed by atoms with Crippen molar-refractivity contribution in [3.8, 4) is 0 Å². The minimum Gasteiger partial charge on any atom is -0.351 e. The Morgan fingerprint density at radius 2 is 1.41 bits per heavy atom. The van der Waals surface area contributed by atoms with Crippen molar-refractivity contribution in [3.05, 3.63) is 0 Å². The summed E-state index contributed by atoms with van der Waals surface area (Å²) in [6, 6.07) is 0. The Morgan fingerprint density at radius 3 is 1.76 bits per heavy atom. The molecule has 3 saturated heterocycles. The molecule has 6 heteroatoms. The normalized spacial score (nSPS) is 47.3. The van der Waals surface area contributed by atoms with Gasteiger partial charge in [0.15, 0.2) is 0 Å². The second kappa shape index (κ2) is 5.34. The van der Waals surface area contributed by atoms with Crippen LogP contribution in [0.15, 0.2) is 0 Å². The van der Waals surface area contributed by atoms with Crippen molar-refractivity contribution in [2.45, 2.75) is 46.0 Å². The molecule has 3 aliphatic rings. The topological polar surface area (TPSA) is 40.2 Å². The largest absolute Gasteiger partial charge is 0.680 e. The molecule has 0 spiro atoms. The van der Waals surface area contributed by atoms with Crippen LogP contribution >= 0.6 is 0 Å². The summed E-state index contributed by atoms with van der Waals surface area (Å²) >= 11 is 0. The zero-order valence-electron chi connectivity index (χ0n) is 11.1. The predicted octanol–water partition coefficient (Wildman–Crippen LogP) is 1.00. The van der Waals surface area contributed by atoms with Gasteiger partial charge in [-0.25, -0.2) is 0 Å². The van der Waals surface area contributed by atoms with Crippen molar-refractivity contribution in [2.75, 3.05) is 26.2 Å². The number of nitrogens with zero attached hydrogens (tertiary/aromatic N) is 1. The lowest BCUT2D eigenvalue weighted by molar-refractivity contribution is -0.129. The highest BCUT2D eigenvalue weighted by Crippen LogP contribution is 2.25. The zero-order valence-corrected chi connectivity index (χ0v) is 12.1. The summed E-state index contributed by atoms with van der Waals surface area (Å²) in [4.78, 5) is 2.34. The maximum Gasteiger partial charge on any atom is 0.680 e. The third kappa shape index (κ3) is 3.27. The Hall–Kier alpha value is 0.0169. The Morgan fingerprint density at radius 1 is 1.00 bits per heavy atom. The lowest BCUT2D eigenvalue weighted by atomic mass is 10.2. The molecule has 0 aliphatic carbocycles. The Labute approximate surface area is 104 Å². The Bertz CT molecular complexity index is 230. The monoisotopic (exact) mass is 261 g/mol. The van der Waals surface area contributed by atoms with E-state index in [-0.39, 0.29) is 18.3 Å². The first kappa shape index (κ1) is 13.4. The van der Waals surface area contributed by atoms with Crippen molar-refractivity contribution in [1.29, 1.82) is 0 Å². The van der Waals surface area contributed by atoms with Gasteiger partial charge in [-0.05, 0) is 27.7 Å². The predicted molar refractivity (Wildman–Crippen MR) is 65.5 cm³/mol. The summed E-state index contributed by atoms with van der Waals surface area (Å²) in [5.74, 6) is 0. The molecule has 2 bridgehead atoms. The molecular weight excluding hydrogens is 238 g/mol. The lowest BCUT2D eigenvalue weighted by Crippen LogP contribution is -2.62. The van der Waals surface area contributed by atoms with Crippen LogP contribution in [0.25, 0.3) is 0 Å². The van der Waals surface area contributed by atoms with Crippen LogP contribution in [0, 0.1) is 0 Å². The number of hydrogen-bond donors (Lipinski definition) is 0. The zero-order chi connectivity index (χ0) is 12.5. The molecule has 0 aromatic heterocycles. The Kier molecular flexibility index (Phi) is 4.22. The van der Waals surface area contributed by atoms with Crippen molar-refractivity contribution in [2.24, 2.45) is 0 Å². The second-order valence-corrected chi connectivity index (χ2v) is 6.93. The smallest absolute Gasteiger partial charge is 0.351 e. The van der Waals surface area contributed by atoms with Crippen LogP contribution in [0.5, 0.6) is 0 Å². The fraction of sp³-hybridized carbons (Fsp3) is 1.00. The summed E-state index contributed by atoms with van der Waals surface area (Å²) in [6.07, 6.45) is 0.273. The number of hydrogen-bond acceptors (Lipinski definition) is 5. The van der Waals surface area contributed by atoms with Gasteiger partial charge in [-0.2, -0.15) is 0 Å². The highest BCUT2D eigenvalue weighted by molar-refractivity contribution is 6.53. The lowest BCUT2D eigenvalue weighted by Gasteiger charge is -2.43. The molecule has 3 fully saturated rings. The van der Waals surface area contributed by atoms with Crippen molar-refractivity contribution in [1.82, 2.24) is 4.90 Å². The SMILES string of the molecule is CCO[Si]12O[C@H](C)CN(C[C@@H](C)O1)C[C@@H](C)O2. The molecule has 3 heterocycles. The quantitative estimate of drug-likeness (QED) is 0.694. The molecule has 3 atom stereocenters. The van der Waals surface area contributed by atoms with Gasteiger partial charge >= 0.3 is 9.05 Å². The van der Waals surface area contributed by atoms with E-state index in [4.69, 9.17) is 17.7 Å². The minimum atomic E-state index is -2.94. The third-order valence-electron chi connectivity index (χ3n) is 2.90. The van der Waals surface area contributed by atoms with Crippen LogP contribution in [0.2, 0.25) is 0 Å². The van der Waals surface area contributed by atoms with Crippen LogP contribution < -0.4 is 0 Å². The summed E-state index contributed by atoms with van der Waals surface area (Å²) in [5.41, 5.74) is 0. The van der Waals surface area contributed by atoms with E-state index in [1.54, 1.807) is 0 Å². The van der Waals surface area contributed by atoms with Gasteiger partial charge in [0.2, 0.25) is 0 Å². The number of rotatable bonds is 2. The molecular formula is C11H23NO4Si. The van der Waals surface area contributed by atoms with Crippen LogP contribution in [-0.2, 0) is 17.7 Å². The summed E-state index contributed by atoms with van der Waals surface area (Å²) in [6.45, 7) is 11.4. The second-order valence-electron chi connectivity index (χ2n) is 4.94. The van der Waals surface area contributed by atoms with E-state index in [1.807, 2.05) is 27.7 Å². The number of fused-ring (bicyclic) bond motifs is 6. The molecule has 0 aromatic carbocycles. The van der Waals surface area contributed by atoms with E-state index in [1.165, 1.54) is 0 Å². The minimum absolute atomic E-state index is 0.0909. The van der Waals surface area contributed by atoms with E-state index >= 15 is 0 Å². The van der Waals surface area contributed by atoms with Gasteiger partial charge in [-0.1, -0.05) is 0 Å². The Balaban J connectivity index is 2.22. The van der Waals surface area contributed by atoms with Crippen molar-refractivity contribution in [3.63, 3.8) is 0 Å². The van der Waals surface area contributed by atoms with Crippen LogP contribution in [0.1, 0.15) is 27.7 Å². The summed E-state index contributed by atoms with van der Waals surface area (Å²) < 4.78 is 23.6. The van der Waals surface area contributed by atoms with E-state index in [0.717, 1.165) is 19.6 Å².